The van der Waals surface area contributed by atoms with Gasteiger partial charge in [0, 0.05) is 13.1 Å². The molecule has 2 rings (SSSR count). The number of aromatic nitrogens is 3. The zero-order valence-electron chi connectivity index (χ0n) is 10.6. The Labute approximate surface area is 112 Å². The van der Waals surface area contributed by atoms with Gasteiger partial charge in [-0.3, -0.25) is 14.8 Å². The molecule has 0 aromatic carbocycles. The molecule has 9 nitrogen and oxygen atoms in total. The third kappa shape index (κ3) is 2.71. The van der Waals surface area contributed by atoms with Crippen LogP contribution in [-0.2, 0) is 11.8 Å². The van der Waals surface area contributed by atoms with Crippen molar-refractivity contribution in [2.75, 3.05) is 7.11 Å². The van der Waals surface area contributed by atoms with Gasteiger partial charge in [0.2, 0.25) is 0 Å². The molecule has 0 unspecified atom stereocenters. The predicted molar refractivity (Wildman–Crippen MR) is 65.5 cm³/mol. The lowest BCUT2D eigenvalue weighted by Gasteiger charge is -2.04. The number of carbonyl (C=O) groups excluding carboxylic acids is 1. The van der Waals surface area contributed by atoms with E-state index in [1.807, 2.05) is 0 Å². The average Bonchev–Trinajstić information content (AvgIpc) is 2.82. The summed E-state index contributed by atoms with van der Waals surface area (Å²) in [7, 11) is 2.85. The quantitative estimate of drug-likeness (QED) is 0.471. The summed E-state index contributed by atoms with van der Waals surface area (Å²) in [4.78, 5) is 25.4. The number of hydrogen-bond acceptors (Lipinski definition) is 7. The fourth-order valence-electron chi connectivity index (χ4n) is 1.43. The van der Waals surface area contributed by atoms with Crippen LogP contribution >= 0.6 is 0 Å². The second-order valence-corrected chi connectivity index (χ2v) is 3.72. The van der Waals surface area contributed by atoms with Crippen LogP contribution in [-0.4, -0.2) is 32.8 Å². The molecule has 0 bridgehead atoms. The standard InChI is InChI=1S/C11H10N4O5/c1-14-6-7(5-12-14)20-10-9(15(17)18)4-3-8(13-10)11(16)19-2/h3-6H,1-2H3. The lowest BCUT2D eigenvalue weighted by atomic mass is 10.3. The zero-order valence-corrected chi connectivity index (χ0v) is 10.6. The Bertz CT molecular complexity index is 667. The van der Waals surface area contributed by atoms with E-state index in [4.69, 9.17) is 4.74 Å². The Morgan fingerprint density at radius 1 is 1.45 bits per heavy atom. The zero-order chi connectivity index (χ0) is 14.7. The summed E-state index contributed by atoms with van der Waals surface area (Å²) in [5, 5.41) is 14.8. The Hall–Kier alpha value is -2.97. The van der Waals surface area contributed by atoms with Crippen LogP contribution in [0.1, 0.15) is 10.5 Å². The fourth-order valence-corrected chi connectivity index (χ4v) is 1.43. The van der Waals surface area contributed by atoms with Crippen LogP contribution in [0.2, 0.25) is 0 Å². The molecule has 0 atom stereocenters. The van der Waals surface area contributed by atoms with Gasteiger partial charge in [-0.05, 0) is 6.07 Å². The number of esters is 1. The van der Waals surface area contributed by atoms with Gasteiger partial charge in [-0.15, -0.1) is 0 Å². The highest BCUT2D eigenvalue weighted by molar-refractivity contribution is 5.87. The first kappa shape index (κ1) is 13.5. The van der Waals surface area contributed by atoms with E-state index in [2.05, 4.69) is 14.8 Å². The molecular weight excluding hydrogens is 268 g/mol. The molecule has 0 aliphatic carbocycles. The lowest BCUT2D eigenvalue weighted by Crippen LogP contribution is -2.06. The fraction of sp³-hybridized carbons (Fsp3) is 0.182. The number of nitro groups is 1. The van der Waals surface area contributed by atoms with Gasteiger partial charge in [0.1, 0.15) is 0 Å². The first-order chi connectivity index (χ1) is 9.51. The van der Waals surface area contributed by atoms with E-state index in [0.29, 0.717) is 0 Å². The molecule has 2 heterocycles. The molecule has 0 spiro atoms. The van der Waals surface area contributed by atoms with Gasteiger partial charge in [0.05, 0.1) is 24.4 Å². The van der Waals surface area contributed by atoms with Crippen molar-refractivity contribution in [3.8, 4) is 11.6 Å². The summed E-state index contributed by atoms with van der Waals surface area (Å²) in [6.45, 7) is 0. The highest BCUT2D eigenvalue weighted by atomic mass is 16.6. The van der Waals surface area contributed by atoms with Gasteiger partial charge in [-0.25, -0.2) is 4.79 Å². The van der Waals surface area contributed by atoms with Crippen LogP contribution < -0.4 is 4.74 Å². The minimum atomic E-state index is -0.712. The van der Waals surface area contributed by atoms with Crippen molar-refractivity contribution in [1.82, 2.24) is 14.8 Å². The number of pyridine rings is 1. The van der Waals surface area contributed by atoms with Crippen LogP contribution in [0.25, 0.3) is 0 Å². The number of methoxy groups -OCH3 is 1. The molecule has 104 valence electrons. The van der Waals surface area contributed by atoms with Crippen molar-refractivity contribution in [2.45, 2.75) is 0 Å². The number of carbonyl (C=O) groups is 1. The maximum Gasteiger partial charge on any atom is 0.356 e. The average molecular weight is 278 g/mol. The van der Waals surface area contributed by atoms with Crippen molar-refractivity contribution >= 4 is 11.7 Å². The molecule has 0 radical (unpaired) electrons. The third-order valence-electron chi connectivity index (χ3n) is 2.33. The van der Waals surface area contributed by atoms with E-state index >= 15 is 0 Å². The third-order valence-corrected chi connectivity index (χ3v) is 2.33. The normalized spacial score (nSPS) is 10.1. The predicted octanol–water partition coefficient (Wildman–Crippen LogP) is 1.30. The molecule has 0 amide bonds. The summed E-state index contributed by atoms with van der Waals surface area (Å²) >= 11 is 0. The maximum absolute atomic E-state index is 11.4. The van der Waals surface area contributed by atoms with Crippen molar-refractivity contribution in [3.05, 3.63) is 40.3 Å². The molecule has 20 heavy (non-hydrogen) atoms. The highest BCUT2D eigenvalue weighted by Crippen LogP contribution is 2.29. The topological polar surface area (TPSA) is 109 Å². The Morgan fingerprint density at radius 2 is 2.20 bits per heavy atom. The highest BCUT2D eigenvalue weighted by Gasteiger charge is 2.21. The molecular formula is C11H10N4O5. The minimum Gasteiger partial charge on any atom is -0.464 e. The van der Waals surface area contributed by atoms with Crippen molar-refractivity contribution in [3.63, 3.8) is 0 Å². The second kappa shape index (κ2) is 5.34. The number of nitrogens with zero attached hydrogens (tertiary/aromatic N) is 4. The minimum absolute atomic E-state index is 0.0861. The molecule has 0 aliphatic rings. The van der Waals surface area contributed by atoms with Crippen molar-refractivity contribution < 1.29 is 19.2 Å². The maximum atomic E-state index is 11.4. The van der Waals surface area contributed by atoms with Gasteiger partial charge in [0.25, 0.3) is 0 Å². The number of aryl methyl sites for hydroxylation is 1. The van der Waals surface area contributed by atoms with Crippen LogP contribution in [0.4, 0.5) is 5.69 Å². The molecule has 9 heteroatoms. The molecule has 2 aromatic heterocycles. The van der Waals surface area contributed by atoms with E-state index in [0.717, 1.165) is 6.07 Å². The molecule has 0 saturated heterocycles. The summed E-state index contributed by atoms with van der Waals surface area (Å²) < 4.78 is 11.2. The Morgan fingerprint density at radius 3 is 2.75 bits per heavy atom. The monoisotopic (exact) mass is 278 g/mol. The molecule has 2 aromatic rings. The summed E-state index contributed by atoms with van der Waals surface area (Å²) in [6.07, 6.45) is 2.88. The van der Waals surface area contributed by atoms with E-state index in [9.17, 15) is 14.9 Å². The molecule has 0 aliphatic heterocycles. The van der Waals surface area contributed by atoms with Gasteiger partial charge < -0.3 is 9.47 Å². The first-order valence-electron chi connectivity index (χ1n) is 5.41. The van der Waals surface area contributed by atoms with Crippen LogP contribution in [0, 0.1) is 10.1 Å². The molecule has 0 fully saturated rings. The van der Waals surface area contributed by atoms with Crippen molar-refractivity contribution in [1.29, 1.82) is 0 Å². The second-order valence-electron chi connectivity index (χ2n) is 3.72. The Kier molecular flexibility index (Phi) is 3.60. The first-order valence-corrected chi connectivity index (χ1v) is 5.41. The van der Waals surface area contributed by atoms with E-state index in [1.54, 1.807) is 7.05 Å². The van der Waals surface area contributed by atoms with Gasteiger partial charge in [-0.1, -0.05) is 0 Å². The summed E-state index contributed by atoms with van der Waals surface area (Å²) in [6, 6.07) is 2.32. The SMILES string of the molecule is COC(=O)c1ccc([N+](=O)[O-])c(Oc2cnn(C)c2)n1. The van der Waals surface area contributed by atoms with E-state index in [-0.39, 0.29) is 23.0 Å². The smallest absolute Gasteiger partial charge is 0.356 e. The van der Waals surface area contributed by atoms with Gasteiger partial charge in [-0.2, -0.15) is 10.1 Å². The number of ether oxygens (including phenoxy) is 2. The van der Waals surface area contributed by atoms with Crippen LogP contribution in [0.5, 0.6) is 11.6 Å². The number of rotatable bonds is 4. The number of hydrogen-bond donors (Lipinski definition) is 0. The van der Waals surface area contributed by atoms with Crippen LogP contribution in [0.3, 0.4) is 0 Å². The summed E-state index contributed by atoms with van der Waals surface area (Å²) in [5.74, 6) is -0.744. The molecule has 0 N–H and O–H groups in total. The van der Waals surface area contributed by atoms with Gasteiger partial charge in [0.15, 0.2) is 11.4 Å². The lowest BCUT2D eigenvalue weighted by molar-refractivity contribution is -0.386. The van der Waals surface area contributed by atoms with E-state index < -0.39 is 10.9 Å². The van der Waals surface area contributed by atoms with Gasteiger partial charge >= 0.3 is 17.5 Å². The van der Waals surface area contributed by atoms with Crippen molar-refractivity contribution in [2.24, 2.45) is 7.05 Å². The largest absolute Gasteiger partial charge is 0.464 e. The Balaban J connectivity index is 2.41. The van der Waals surface area contributed by atoms with E-state index in [1.165, 1.54) is 30.3 Å². The van der Waals surface area contributed by atoms with Crippen LogP contribution in [0.15, 0.2) is 24.5 Å². The molecule has 0 saturated carbocycles. The summed E-state index contributed by atoms with van der Waals surface area (Å²) in [5.41, 5.74) is -0.446.